The molecular formula is C16H21ClFN3. The molecule has 0 saturated heterocycles. The Kier molecular flexibility index (Phi) is 5.76. The van der Waals surface area contributed by atoms with Crippen LogP contribution in [0.15, 0.2) is 30.6 Å². The molecule has 0 aliphatic rings. The Labute approximate surface area is 130 Å². The van der Waals surface area contributed by atoms with Crippen molar-refractivity contribution in [1.29, 1.82) is 0 Å². The first-order valence-electron chi connectivity index (χ1n) is 7.37. The number of aromatic nitrogens is 2. The molecule has 114 valence electrons. The molecule has 0 fully saturated rings. The zero-order chi connectivity index (χ0) is 15.2. The van der Waals surface area contributed by atoms with E-state index in [0.29, 0.717) is 0 Å². The minimum atomic E-state index is -0.390. The third-order valence-electron chi connectivity index (χ3n) is 3.33. The Morgan fingerprint density at radius 3 is 2.86 bits per heavy atom. The van der Waals surface area contributed by atoms with Crippen molar-refractivity contribution in [2.24, 2.45) is 0 Å². The second-order valence-corrected chi connectivity index (χ2v) is 5.44. The summed E-state index contributed by atoms with van der Waals surface area (Å²) in [6.45, 7) is 5.91. The lowest BCUT2D eigenvalue weighted by molar-refractivity contribution is 0.580. The summed E-state index contributed by atoms with van der Waals surface area (Å²) >= 11 is 6.14. The van der Waals surface area contributed by atoms with Crippen LogP contribution in [0.3, 0.4) is 0 Å². The summed E-state index contributed by atoms with van der Waals surface area (Å²) in [5.74, 6) is -0.390. The standard InChI is InChI=1S/C16H21ClFN3/c1-3-8-19-16(12-10-20-21(11-12)9-4-2)13-6-5-7-14(18)15(13)17/h5-7,10-11,16,19H,3-4,8-9H2,1-2H3. The Bertz CT molecular complexity index is 583. The van der Waals surface area contributed by atoms with Gasteiger partial charge in [0, 0.05) is 18.3 Å². The number of hydrogen-bond acceptors (Lipinski definition) is 2. The third-order valence-corrected chi connectivity index (χ3v) is 3.73. The van der Waals surface area contributed by atoms with E-state index in [4.69, 9.17) is 11.6 Å². The number of nitrogens with zero attached hydrogens (tertiary/aromatic N) is 2. The molecular weight excluding hydrogens is 289 g/mol. The highest BCUT2D eigenvalue weighted by Crippen LogP contribution is 2.30. The SMILES string of the molecule is CCCNC(c1cnn(CCC)c1)c1cccc(F)c1Cl. The summed E-state index contributed by atoms with van der Waals surface area (Å²) in [6, 6.07) is 4.78. The van der Waals surface area contributed by atoms with Gasteiger partial charge < -0.3 is 5.32 Å². The molecule has 2 rings (SSSR count). The van der Waals surface area contributed by atoms with Gasteiger partial charge >= 0.3 is 0 Å². The second-order valence-electron chi connectivity index (χ2n) is 5.07. The smallest absolute Gasteiger partial charge is 0.142 e. The molecule has 2 aromatic rings. The zero-order valence-electron chi connectivity index (χ0n) is 12.4. The predicted molar refractivity (Wildman–Crippen MR) is 84.1 cm³/mol. The molecule has 1 N–H and O–H groups in total. The van der Waals surface area contributed by atoms with Crippen LogP contribution < -0.4 is 5.32 Å². The summed E-state index contributed by atoms with van der Waals surface area (Å²) in [7, 11) is 0. The average Bonchev–Trinajstić information content (AvgIpc) is 2.92. The molecule has 0 bridgehead atoms. The van der Waals surface area contributed by atoms with E-state index >= 15 is 0 Å². The maximum atomic E-state index is 13.7. The summed E-state index contributed by atoms with van der Waals surface area (Å²) in [6.07, 6.45) is 5.84. The normalized spacial score (nSPS) is 12.6. The number of nitrogens with one attached hydrogen (secondary N) is 1. The van der Waals surface area contributed by atoms with Crippen molar-refractivity contribution < 1.29 is 4.39 Å². The molecule has 1 aromatic heterocycles. The zero-order valence-corrected chi connectivity index (χ0v) is 13.2. The van der Waals surface area contributed by atoms with Gasteiger partial charge in [-0.1, -0.05) is 37.6 Å². The fraction of sp³-hybridized carbons (Fsp3) is 0.438. The summed E-state index contributed by atoms with van der Waals surface area (Å²) in [5, 5.41) is 7.95. The first-order valence-corrected chi connectivity index (χ1v) is 7.74. The monoisotopic (exact) mass is 309 g/mol. The lowest BCUT2D eigenvalue weighted by Crippen LogP contribution is -2.23. The Hall–Kier alpha value is -1.39. The van der Waals surface area contributed by atoms with E-state index in [1.165, 1.54) is 6.07 Å². The topological polar surface area (TPSA) is 29.9 Å². The van der Waals surface area contributed by atoms with Crippen LogP contribution in [0.4, 0.5) is 4.39 Å². The largest absolute Gasteiger partial charge is 0.306 e. The molecule has 3 nitrogen and oxygen atoms in total. The van der Waals surface area contributed by atoms with Crippen LogP contribution in [0.25, 0.3) is 0 Å². The fourth-order valence-corrected chi connectivity index (χ4v) is 2.55. The van der Waals surface area contributed by atoms with Crippen LogP contribution in [-0.4, -0.2) is 16.3 Å². The van der Waals surface area contributed by atoms with Crippen molar-refractivity contribution >= 4 is 11.6 Å². The number of hydrogen-bond donors (Lipinski definition) is 1. The number of aryl methyl sites for hydroxylation is 1. The highest BCUT2D eigenvalue weighted by molar-refractivity contribution is 6.31. The summed E-state index contributed by atoms with van der Waals surface area (Å²) in [4.78, 5) is 0. The van der Waals surface area contributed by atoms with Crippen molar-refractivity contribution in [1.82, 2.24) is 15.1 Å². The van der Waals surface area contributed by atoms with E-state index in [1.807, 2.05) is 23.1 Å². The van der Waals surface area contributed by atoms with Crippen molar-refractivity contribution in [2.45, 2.75) is 39.3 Å². The second kappa shape index (κ2) is 7.57. The Balaban J connectivity index is 2.34. The molecule has 0 saturated carbocycles. The fourth-order valence-electron chi connectivity index (χ4n) is 2.32. The molecule has 0 aliphatic heterocycles. The summed E-state index contributed by atoms with van der Waals surface area (Å²) in [5.41, 5.74) is 1.76. The van der Waals surface area contributed by atoms with Gasteiger partial charge in [-0.3, -0.25) is 4.68 Å². The van der Waals surface area contributed by atoms with Crippen LogP contribution in [0, 0.1) is 5.82 Å². The van der Waals surface area contributed by atoms with Crippen LogP contribution in [0.2, 0.25) is 5.02 Å². The molecule has 1 aromatic carbocycles. The van der Waals surface area contributed by atoms with Gasteiger partial charge in [0.2, 0.25) is 0 Å². The Morgan fingerprint density at radius 2 is 2.14 bits per heavy atom. The quantitative estimate of drug-likeness (QED) is 0.831. The number of rotatable bonds is 7. The molecule has 5 heteroatoms. The molecule has 0 aliphatic carbocycles. The van der Waals surface area contributed by atoms with E-state index in [0.717, 1.165) is 37.1 Å². The van der Waals surface area contributed by atoms with Crippen molar-refractivity contribution in [2.75, 3.05) is 6.54 Å². The minimum absolute atomic E-state index is 0.140. The molecule has 21 heavy (non-hydrogen) atoms. The Morgan fingerprint density at radius 1 is 1.33 bits per heavy atom. The van der Waals surface area contributed by atoms with E-state index in [2.05, 4.69) is 24.3 Å². The molecule has 1 atom stereocenters. The van der Waals surface area contributed by atoms with Gasteiger partial charge in [0.1, 0.15) is 5.82 Å². The van der Waals surface area contributed by atoms with E-state index in [-0.39, 0.29) is 11.1 Å². The average molecular weight is 310 g/mol. The minimum Gasteiger partial charge on any atom is -0.306 e. The highest BCUT2D eigenvalue weighted by Gasteiger charge is 2.19. The summed E-state index contributed by atoms with van der Waals surface area (Å²) < 4.78 is 15.6. The highest BCUT2D eigenvalue weighted by atomic mass is 35.5. The molecule has 1 heterocycles. The van der Waals surface area contributed by atoms with Crippen molar-refractivity contribution in [3.63, 3.8) is 0 Å². The van der Waals surface area contributed by atoms with Gasteiger partial charge in [-0.2, -0.15) is 5.10 Å². The van der Waals surface area contributed by atoms with Crippen LogP contribution in [0.5, 0.6) is 0 Å². The number of benzene rings is 1. The lowest BCUT2D eigenvalue weighted by atomic mass is 10.0. The van der Waals surface area contributed by atoms with Gasteiger partial charge in [-0.05, 0) is 31.0 Å². The van der Waals surface area contributed by atoms with Gasteiger partial charge in [0.15, 0.2) is 0 Å². The van der Waals surface area contributed by atoms with Crippen LogP contribution in [-0.2, 0) is 6.54 Å². The maximum Gasteiger partial charge on any atom is 0.142 e. The van der Waals surface area contributed by atoms with E-state index in [1.54, 1.807) is 6.07 Å². The van der Waals surface area contributed by atoms with E-state index in [9.17, 15) is 4.39 Å². The first kappa shape index (κ1) is 16.0. The number of halogens is 2. The molecule has 0 radical (unpaired) electrons. The molecule has 1 unspecified atom stereocenters. The third kappa shape index (κ3) is 3.83. The molecule has 0 amide bonds. The van der Waals surface area contributed by atoms with Crippen molar-refractivity contribution in [3.05, 3.63) is 52.6 Å². The van der Waals surface area contributed by atoms with Crippen molar-refractivity contribution in [3.8, 4) is 0 Å². The van der Waals surface area contributed by atoms with Crippen LogP contribution >= 0.6 is 11.6 Å². The van der Waals surface area contributed by atoms with Gasteiger partial charge in [0.25, 0.3) is 0 Å². The molecule has 0 spiro atoms. The first-order chi connectivity index (χ1) is 10.2. The lowest BCUT2D eigenvalue weighted by Gasteiger charge is -2.19. The maximum absolute atomic E-state index is 13.7. The van der Waals surface area contributed by atoms with Gasteiger partial charge in [-0.15, -0.1) is 0 Å². The van der Waals surface area contributed by atoms with E-state index < -0.39 is 5.82 Å². The van der Waals surface area contributed by atoms with Gasteiger partial charge in [0.05, 0.1) is 17.3 Å². The van der Waals surface area contributed by atoms with Crippen LogP contribution in [0.1, 0.15) is 43.9 Å². The van der Waals surface area contributed by atoms with Gasteiger partial charge in [-0.25, -0.2) is 4.39 Å². The predicted octanol–water partition coefficient (Wildman–Crippen LogP) is 4.17.